The van der Waals surface area contributed by atoms with E-state index in [1.807, 2.05) is 52.7 Å². The van der Waals surface area contributed by atoms with Crippen molar-refractivity contribution in [1.82, 2.24) is 4.90 Å². The van der Waals surface area contributed by atoms with Crippen LogP contribution in [0.25, 0.3) is 0 Å². The highest BCUT2D eigenvalue weighted by Crippen LogP contribution is 2.20. The van der Waals surface area contributed by atoms with Crippen LogP contribution < -0.4 is 5.73 Å². The van der Waals surface area contributed by atoms with Gasteiger partial charge < -0.3 is 10.8 Å². The van der Waals surface area contributed by atoms with Gasteiger partial charge in [0.05, 0.1) is 6.54 Å². The van der Waals surface area contributed by atoms with Gasteiger partial charge in [-0.2, -0.15) is 0 Å². The number of carbonyl (C=O) groups is 1. The zero-order chi connectivity index (χ0) is 14.4. The monoisotopic (exact) mass is 290 g/mol. The molecule has 1 unspecified atom stereocenters. The number of amides is 1. The first kappa shape index (κ1) is 14.7. The minimum absolute atomic E-state index is 0.136. The molecule has 0 aliphatic carbocycles. The van der Waals surface area contributed by atoms with Crippen molar-refractivity contribution in [2.75, 3.05) is 13.1 Å². The summed E-state index contributed by atoms with van der Waals surface area (Å²) in [5.74, 6) is -0.390. The van der Waals surface area contributed by atoms with Gasteiger partial charge in [0.15, 0.2) is 0 Å². The number of aliphatic hydroxyl groups excluding tert-OH is 1. The van der Waals surface area contributed by atoms with Gasteiger partial charge in [-0.3, -0.25) is 9.69 Å². The molecular formula is C15H18N2O2S. The highest BCUT2D eigenvalue weighted by atomic mass is 32.1. The maximum absolute atomic E-state index is 11.2. The van der Waals surface area contributed by atoms with Gasteiger partial charge in [-0.25, -0.2) is 0 Å². The van der Waals surface area contributed by atoms with Crippen LogP contribution in [-0.4, -0.2) is 29.0 Å². The fourth-order valence-corrected chi connectivity index (χ4v) is 2.77. The lowest BCUT2D eigenvalue weighted by Crippen LogP contribution is -2.36. The molecule has 0 fully saturated rings. The van der Waals surface area contributed by atoms with Gasteiger partial charge in [0.2, 0.25) is 5.91 Å². The summed E-state index contributed by atoms with van der Waals surface area (Å²) in [6, 6.07) is 13.6. The molecule has 2 rings (SSSR count). The summed E-state index contributed by atoms with van der Waals surface area (Å²) >= 11 is 1.51. The Kier molecular flexibility index (Phi) is 5.29. The van der Waals surface area contributed by atoms with Crippen molar-refractivity contribution in [3.05, 3.63) is 58.3 Å². The maximum Gasteiger partial charge on any atom is 0.231 e. The Labute approximate surface area is 122 Å². The second kappa shape index (κ2) is 7.19. The number of nitrogens with zero attached hydrogens (tertiary/aromatic N) is 1. The lowest BCUT2D eigenvalue weighted by Gasteiger charge is -2.23. The average molecular weight is 290 g/mol. The number of primary amides is 1. The molecule has 5 heteroatoms. The summed E-state index contributed by atoms with van der Waals surface area (Å²) in [7, 11) is 0. The van der Waals surface area contributed by atoms with Gasteiger partial charge in [0.1, 0.15) is 6.10 Å². The normalized spacial score (nSPS) is 12.5. The second-order valence-corrected chi connectivity index (χ2v) is 5.63. The van der Waals surface area contributed by atoms with Gasteiger partial charge in [0, 0.05) is 18.0 Å². The van der Waals surface area contributed by atoms with Crippen LogP contribution in [0.5, 0.6) is 0 Å². The predicted octanol–water partition coefficient (Wildman–Crippen LogP) is 1.77. The molecule has 1 amide bonds. The van der Waals surface area contributed by atoms with E-state index >= 15 is 0 Å². The van der Waals surface area contributed by atoms with E-state index in [1.54, 1.807) is 0 Å². The first-order valence-electron chi connectivity index (χ1n) is 6.41. The molecule has 2 aromatic rings. The van der Waals surface area contributed by atoms with Crippen LogP contribution in [0, 0.1) is 0 Å². The molecule has 0 saturated carbocycles. The summed E-state index contributed by atoms with van der Waals surface area (Å²) in [6.45, 7) is 1.11. The molecule has 1 aromatic carbocycles. The molecule has 20 heavy (non-hydrogen) atoms. The Balaban J connectivity index is 2.02. The van der Waals surface area contributed by atoms with Crippen molar-refractivity contribution >= 4 is 17.2 Å². The molecule has 0 aliphatic rings. The van der Waals surface area contributed by atoms with E-state index in [9.17, 15) is 9.90 Å². The molecule has 1 aromatic heterocycles. The predicted molar refractivity (Wildman–Crippen MR) is 80.2 cm³/mol. The molecule has 4 nitrogen and oxygen atoms in total. The fraction of sp³-hybridized carbons (Fsp3) is 0.267. The summed E-state index contributed by atoms with van der Waals surface area (Å²) < 4.78 is 0. The average Bonchev–Trinajstić information content (AvgIpc) is 2.93. The molecule has 0 saturated heterocycles. The van der Waals surface area contributed by atoms with Crippen molar-refractivity contribution < 1.29 is 9.90 Å². The van der Waals surface area contributed by atoms with E-state index in [2.05, 4.69) is 0 Å². The molecule has 3 N–H and O–H groups in total. The van der Waals surface area contributed by atoms with E-state index < -0.39 is 6.10 Å². The third-order valence-corrected chi connectivity index (χ3v) is 3.90. The van der Waals surface area contributed by atoms with E-state index in [0.29, 0.717) is 13.1 Å². The Morgan fingerprint density at radius 2 is 2.00 bits per heavy atom. The van der Waals surface area contributed by atoms with Crippen LogP contribution >= 0.6 is 11.3 Å². The second-order valence-electron chi connectivity index (χ2n) is 4.65. The number of rotatable bonds is 7. The molecular weight excluding hydrogens is 272 g/mol. The van der Waals surface area contributed by atoms with Crippen molar-refractivity contribution in [3.63, 3.8) is 0 Å². The third-order valence-electron chi connectivity index (χ3n) is 2.93. The van der Waals surface area contributed by atoms with Crippen LogP contribution in [0.3, 0.4) is 0 Å². The molecule has 0 bridgehead atoms. The zero-order valence-electron chi connectivity index (χ0n) is 11.1. The number of carbonyl (C=O) groups excluding carboxylic acids is 1. The lowest BCUT2D eigenvalue weighted by atomic mass is 10.2. The summed E-state index contributed by atoms with van der Waals surface area (Å²) in [4.78, 5) is 13.9. The van der Waals surface area contributed by atoms with Crippen LogP contribution in [0.1, 0.15) is 16.5 Å². The van der Waals surface area contributed by atoms with Crippen molar-refractivity contribution in [3.8, 4) is 0 Å². The van der Waals surface area contributed by atoms with Gasteiger partial charge in [-0.1, -0.05) is 36.4 Å². The van der Waals surface area contributed by atoms with Gasteiger partial charge >= 0.3 is 0 Å². The van der Waals surface area contributed by atoms with Crippen LogP contribution in [0.15, 0.2) is 47.8 Å². The van der Waals surface area contributed by atoms with E-state index in [0.717, 1.165) is 10.4 Å². The van der Waals surface area contributed by atoms with E-state index in [4.69, 9.17) is 5.73 Å². The van der Waals surface area contributed by atoms with Crippen molar-refractivity contribution in [1.29, 1.82) is 0 Å². The summed E-state index contributed by atoms with van der Waals surface area (Å²) in [5.41, 5.74) is 6.37. The summed E-state index contributed by atoms with van der Waals surface area (Å²) in [6.07, 6.45) is -0.599. The first-order chi connectivity index (χ1) is 9.65. The molecule has 1 atom stereocenters. The minimum atomic E-state index is -0.599. The molecule has 0 spiro atoms. The van der Waals surface area contributed by atoms with Crippen LogP contribution in [-0.2, 0) is 11.3 Å². The smallest absolute Gasteiger partial charge is 0.231 e. The standard InChI is InChI=1S/C15H18N2O2S/c16-15(19)11-17(9-12-5-2-1-3-6-12)10-13(18)14-7-4-8-20-14/h1-8,13,18H,9-11H2,(H2,16,19). The Morgan fingerprint density at radius 1 is 1.25 bits per heavy atom. The number of nitrogens with two attached hydrogens (primary N) is 1. The number of hydrogen-bond donors (Lipinski definition) is 2. The highest BCUT2D eigenvalue weighted by molar-refractivity contribution is 7.10. The van der Waals surface area contributed by atoms with E-state index in [-0.39, 0.29) is 12.5 Å². The van der Waals surface area contributed by atoms with Crippen molar-refractivity contribution in [2.45, 2.75) is 12.6 Å². The Morgan fingerprint density at radius 3 is 2.60 bits per heavy atom. The number of benzene rings is 1. The number of hydrogen-bond acceptors (Lipinski definition) is 4. The van der Waals surface area contributed by atoms with Gasteiger partial charge in [0.25, 0.3) is 0 Å². The van der Waals surface area contributed by atoms with Gasteiger partial charge in [-0.15, -0.1) is 11.3 Å². The Hall–Kier alpha value is -1.69. The Bertz CT molecular complexity index is 528. The number of aliphatic hydroxyl groups is 1. The maximum atomic E-state index is 11.2. The molecule has 0 aliphatic heterocycles. The van der Waals surface area contributed by atoms with Crippen LogP contribution in [0.2, 0.25) is 0 Å². The third kappa shape index (κ3) is 4.45. The topological polar surface area (TPSA) is 66.6 Å². The van der Waals surface area contributed by atoms with Crippen LogP contribution in [0.4, 0.5) is 0 Å². The van der Waals surface area contributed by atoms with Crippen molar-refractivity contribution in [2.24, 2.45) is 5.73 Å². The minimum Gasteiger partial charge on any atom is -0.386 e. The zero-order valence-corrected chi connectivity index (χ0v) is 11.9. The summed E-state index contributed by atoms with van der Waals surface area (Å²) in [5, 5.41) is 12.1. The molecule has 106 valence electrons. The first-order valence-corrected chi connectivity index (χ1v) is 7.29. The van der Waals surface area contributed by atoms with E-state index in [1.165, 1.54) is 11.3 Å². The fourth-order valence-electron chi connectivity index (χ4n) is 2.06. The SMILES string of the molecule is NC(=O)CN(Cc1ccccc1)CC(O)c1cccs1. The van der Waals surface area contributed by atoms with Gasteiger partial charge in [-0.05, 0) is 17.0 Å². The highest BCUT2D eigenvalue weighted by Gasteiger charge is 2.16. The quantitative estimate of drug-likeness (QED) is 0.816. The number of thiophene rings is 1. The largest absolute Gasteiger partial charge is 0.386 e. The lowest BCUT2D eigenvalue weighted by molar-refractivity contribution is -0.119. The molecule has 0 radical (unpaired) electrons. The molecule has 1 heterocycles.